The first-order chi connectivity index (χ1) is 8.81. The van der Waals surface area contributed by atoms with E-state index in [-0.39, 0.29) is 0 Å². The van der Waals surface area contributed by atoms with Crippen molar-refractivity contribution in [2.45, 2.75) is 39.5 Å². The van der Waals surface area contributed by atoms with Crippen molar-refractivity contribution >= 4 is 5.96 Å². The van der Waals surface area contributed by atoms with E-state index in [1.165, 1.54) is 0 Å². The van der Waals surface area contributed by atoms with Crippen LogP contribution in [-0.2, 0) is 9.47 Å². The fourth-order valence-electron chi connectivity index (χ4n) is 1.33. The molecule has 0 aromatic rings. The van der Waals surface area contributed by atoms with E-state index >= 15 is 0 Å². The summed E-state index contributed by atoms with van der Waals surface area (Å²) in [6, 6.07) is 0. The Morgan fingerprint density at radius 3 is 1.67 bits per heavy atom. The van der Waals surface area contributed by atoms with Crippen molar-refractivity contribution < 1.29 is 9.47 Å². The summed E-state index contributed by atoms with van der Waals surface area (Å²) < 4.78 is 10.7. The molecule has 0 spiro atoms. The number of ether oxygens (including phenoxy) is 2. The van der Waals surface area contributed by atoms with E-state index in [4.69, 9.17) is 14.9 Å². The summed E-state index contributed by atoms with van der Waals surface area (Å²) in [4.78, 5) is 0. The van der Waals surface area contributed by atoms with Gasteiger partial charge in [-0.25, -0.2) is 0 Å². The first-order valence-corrected chi connectivity index (χ1v) is 7.03. The summed E-state index contributed by atoms with van der Waals surface area (Å²) in [5, 5.41) is 13.6. The van der Waals surface area contributed by atoms with E-state index in [2.05, 4.69) is 24.5 Å². The number of guanidine groups is 1. The Kier molecular flexibility index (Phi) is 13.6. The summed E-state index contributed by atoms with van der Waals surface area (Å²) in [7, 11) is 0. The molecule has 0 saturated heterocycles. The smallest absolute Gasteiger partial charge is 0.188 e. The monoisotopic (exact) mass is 259 g/mol. The molecule has 3 N–H and O–H groups in total. The summed E-state index contributed by atoms with van der Waals surface area (Å²) >= 11 is 0. The van der Waals surface area contributed by atoms with Gasteiger partial charge in [0.2, 0.25) is 0 Å². The highest BCUT2D eigenvalue weighted by Gasteiger charge is 1.95. The second-order valence-electron chi connectivity index (χ2n) is 4.16. The van der Waals surface area contributed by atoms with Gasteiger partial charge < -0.3 is 20.1 Å². The summed E-state index contributed by atoms with van der Waals surface area (Å²) in [6.07, 6.45) is 3.99. The van der Waals surface area contributed by atoms with Gasteiger partial charge in [-0.05, 0) is 25.7 Å². The zero-order valence-electron chi connectivity index (χ0n) is 11.9. The van der Waals surface area contributed by atoms with Crippen molar-refractivity contribution in [2.24, 2.45) is 0 Å². The van der Waals surface area contributed by atoms with Gasteiger partial charge in [-0.15, -0.1) is 0 Å². The van der Waals surface area contributed by atoms with Gasteiger partial charge in [0, 0.05) is 39.5 Å². The standard InChI is InChI=1S/C13H29N3O2/c1-3-9-17-11-5-7-15-13(14)16-8-6-12-18-10-4-2/h3-12H2,1-2H3,(H3,14,15,16). The normalized spacial score (nSPS) is 10.3. The lowest BCUT2D eigenvalue weighted by Crippen LogP contribution is -2.37. The molecule has 108 valence electrons. The average Bonchev–Trinajstić information content (AvgIpc) is 2.38. The topological polar surface area (TPSA) is 66.4 Å². The molecular formula is C13H29N3O2. The molecule has 0 radical (unpaired) electrons. The number of nitrogens with one attached hydrogen (secondary N) is 3. The van der Waals surface area contributed by atoms with Gasteiger partial charge in [0.05, 0.1) is 0 Å². The van der Waals surface area contributed by atoms with Crippen LogP contribution < -0.4 is 10.6 Å². The maximum Gasteiger partial charge on any atom is 0.188 e. The van der Waals surface area contributed by atoms with E-state index in [9.17, 15) is 0 Å². The Morgan fingerprint density at radius 1 is 0.833 bits per heavy atom. The third-order valence-corrected chi connectivity index (χ3v) is 2.23. The average molecular weight is 259 g/mol. The van der Waals surface area contributed by atoms with Crippen LogP contribution in [0.5, 0.6) is 0 Å². The van der Waals surface area contributed by atoms with E-state index in [0.717, 1.165) is 65.2 Å². The van der Waals surface area contributed by atoms with Crippen LogP contribution in [-0.4, -0.2) is 45.5 Å². The zero-order chi connectivity index (χ0) is 13.5. The Bertz CT molecular complexity index is 171. The van der Waals surface area contributed by atoms with Crippen molar-refractivity contribution in [1.29, 1.82) is 5.41 Å². The van der Waals surface area contributed by atoms with Gasteiger partial charge in [0.15, 0.2) is 5.96 Å². The quantitative estimate of drug-likeness (QED) is 0.284. The SMILES string of the molecule is CCCOCCCNC(=N)NCCCOCCC. The Morgan fingerprint density at radius 2 is 1.28 bits per heavy atom. The predicted octanol–water partition coefficient (Wildman–Crippen LogP) is 1.73. The van der Waals surface area contributed by atoms with Gasteiger partial charge in [0.25, 0.3) is 0 Å². The van der Waals surface area contributed by atoms with Crippen LogP contribution in [0.4, 0.5) is 0 Å². The van der Waals surface area contributed by atoms with Gasteiger partial charge in [-0.2, -0.15) is 0 Å². The van der Waals surface area contributed by atoms with Crippen molar-refractivity contribution in [2.75, 3.05) is 39.5 Å². The summed E-state index contributed by atoms with van der Waals surface area (Å²) in [5.41, 5.74) is 0. The molecule has 0 atom stereocenters. The fraction of sp³-hybridized carbons (Fsp3) is 0.923. The molecule has 0 aliphatic rings. The molecule has 0 unspecified atom stereocenters. The Balaban J connectivity index is 3.12. The first-order valence-electron chi connectivity index (χ1n) is 7.03. The number of hydrogen-bond acceptors (Lipinski definition) is 3. The van der Waals surface area contributed by atoms with Crippen LogP contribution in [0, 0.1) is 5.41 Å². The van der Waals surface area contributed by atoms with Crippen molar-refractivity contribution in [3.05, 3.63) is 0 Å². The third-order valence-electron chi connectivity index (χ3n) is 2.23. The van der Waals surface area contributed by atoms with E-state index in [1.807, 2.05) is 0 Å². The molecule has 0 aliphatic carbocycles. The largest absolute Gasteiger partial charge is 0.381 e. The predicted molar refractivity (Wildman–Crippen MR) is 75.2 cm³/mol. The van der Waals surface area contributed by atoms with E-state index in [0.29, 0.717) is 5.96 Å². The van der Waals surface area contributed by atoms with E-state index in [1.54, 1.807) is 0 Å². The molecule has 5 nitrogen and oxygen atoms in total. The molecule has 0 rings (SSSR count). The van der Waals surface area contributed by atoms with Crippen LogP contribution in [0.2, 0.25) is 0 Å². The molecule has 18 heavy (non-hydrogen) atoms. The fourth-order valence-corrected chi connectivity index (χ4v) is 1.33. The van der Waals surface area contributed by atoms with Crippen LogP contribution >= 0.6 is 0 Å². The molecule has 0 heterocycles. The molecule has 0 aromatic carbocycles. The maximum absolute atomic E-state index is 7.62. The van der Waals surface area contributed by atoms with Gasteiger partial charge in [-0.3, -0.25) is 5.41 Å². The van der Waals surface area contributed by atoms with Crippen molar-refractivity contribution in [1.82, 2.24) is 10.6 Å². The highest BCUT2D eigenvalue weighted by molar-refractivity contribution is 5.76. The lowest BCUT2D eigenvalue weighted by molar-refractivity contribution is 0.132. The first kappa shape index (κ1) is 17.2. The van der Waals surface area contributed by atoms with Crippen molar-refractivity contribution in [3.63, 3.8) is 0 Å². The van der Waals surface area contributed by atoms with Crippen LogP contribution in [0.25, 0.3) is 0 Å². The minimum Gasteiger partial charge on any atom is -0.381 e. The molecule has 0 saturated carbocycles. The van der Waals surface area contributed by atoms with Gasteiger partial charge in [0.1, 0.15) is 0 Å². The summed E-state index contributed by atoms with van der Waals surface area (Å²) in [6.45, 7) is 8.94. The second-order valence-corrected chi connectivity index (χ2v) is 4.16. The van der Waals surface area contributed by atoms with Gasteiger partial charge >= 0.3 is 0 Å². The Hall–Kier alpha value is -0.810. The number of rotatable bonds is 12. The highest BCUT2D eigenvalue weighted by Crippen LogP contribution is 1.85. The molecule has 0 fully saturated rings. The lowest BCUT2D eigenvalue weighted by atomic mass is 10.4. The molecule has 0 bridgehead atoms. The second kappa shape index (κ2) is 14.3. The summed E-state index contributed by atoms with van der Waals surface area (Å²) in [5.74, 6) is 0.390. The minimum atomic E-state index is 0.390. The maximum atomic E-state index is 7.62. The molecule has 0 aliphatic heterocycles. The van der Waals surface area contributed by atoms with E-state index < -0.39 is 0 Å². The third kappa shape index (κ3) is 13.3. The van der Waals surface area contributed by atoms with Crippen LogP contribution in [0.15, 0.2) is 0 Å². The van der Waals surface area contributed by atoms with Crippen molar-refractivity contribution in [3.8, 4) is 0 Å². The van der Waals surface area contributed by atoms with Crippen LogP contribution in [0.1, 0.15) is 39.5 Å². The Labute approximate surface area is 111 Å². The molecular weight excluding hydrogens is 230 g/mol. The minimum absolute atomic E-state index is 0.390. The van der Waals surface area contributed by atoms with Crippen LogP contribution in [0.3, 0.4) is 0 Å². The zero-order valence-corrected chi connectivity index (χ0v) is 11.9. The van der Waals surface area contributed by atoms with Gasteiger partial charge in [-0.1, -0.05) is 13.8 Å². The highest BCUT2D eigenvalue weighted by atomic mass is 16.5. The molecule has 0 amide bonds. The molecule has 5 heteroatoms. The molecule has 0 aromatic heterocycles. The number of hydrogen-bond donors (Lipinski definition) is 3. The lowest BCUT2D eigenvalue weighted by Gasteiger charge is -2.10.